The van der Waals surface area contributed by atoms with E-state index < -0.39 is 0 Å². The van der Waals surface area contributed by atoms with E-state index >= 15 is 0 Å². The molecule has 1 amide bonds. The molecule has 41 heavy (non-hydrogen) atoms. The van der Waals surface area contributed by atoms with Gasteiger partial charge in [-0.3, -0.25) is 4.79 Å². The molecule has 0 unspecified atom stereocenters. The van der Waals surface area contributed by atoms with Crippen molar-refractivity contribution in [2.24, 2.45) is 0 Å². The number of nitrogens with zero attached hydrogens (tertiary/aromatic N) is 1. The molecule has 2 aliphatic heterocycles. The number of carbonyl (C=O) groups is 1. The van der Waals surface area contributed by atoms with Gasteiger partial charge in [0, 0.05) is 53.7 Å². The first-order valence-corrected chi connectivity index (χ1v) is 18.5. The highest BCUT2D eigenvalue weighted by molar-refractivity contribution is 9.11. The predicted octanol–water partition coefficient (Wildman–Crippen LogP) is 12.7. The molecule has 0 saturated heterocycles. The maximum Gasteiger partial charge on any atom is 0.254 e. The van der Waals surface area contributed by atoms with Crippen LogP contribution in [0.3, 0.4) is 0 Å². The number of rotatable bonds is 17. The van der Waals surface area contributed by atoms with Crippen LogP contribution in [0.25, 0.3) is 21.9 Å². The molecule has 2 aliphatic rings. The second-order valence-corrected chi connectivity index (χ2v) is 14.8. The van der Waals surface area contributed by atoms with Crippen molar-refractivity contribution in [1.29, 1.82) is 0 Å². The zero-order valence-electron chi connectivity index (χ0n) is 24.7. The van der Waals surface area contributed by atoms with Crippen molar-refractivity contribution in [1.82, 2.24) is 4.90 Å². The molecule has 5 heteroatoms. The minimum Gasteiger partial charge on any atom is -0.334 e. The van der Waals surface area contributed by atoms with Crippen molar-refractivity contribution in [3.8, 4) is 11.1 Å². The topological polar surface area (TPSA) is 20.3 Å². The summed E-state index contributed by atoms with van der Waals surface area (Å²) in [6.45, 7) is 3.83. The molecule has 0 aromatic heterocycles. The Balaban J connectivity index is 1.06. The first-order chi connectivity index (χ1) is 20.1. The normalized spacial score (nSPS) is 13.7. The van der Waals surface area contributed by atoms with Crippen molar-refractivity contribution in [3.05, 3.63) is 56.5 Å². The van der Waals surface area contributed by atoms with Gasteiger partial charge in [0.05, 0.1) is 0 Å². The van der Waals surface area contributed by atoms with Crippen molar-refractivity contribution < 1.29 is 4.79 Å². The number of carbonyl (C=O) groups excluding carboxylic acids is 1. The number of unbranched alkanes of at least 4 members (excludes halogenated alkanes) is 15. The maximum absolute atomic E-state index is 13.7. The fraction of sp³-hybridized carbons (Fsp3) is 0.528. The standard InChI is InChI=1S/C36H45Br2NOS/c1-2-3-4-5-6-7-8-9-10-11-12-13-14-15-16-19-22-39-25-26-23-29(37)33-27-20-17-18-21-31(27)41-35-30(38)24-28(36(39)40)32(26)34(33)35/h17-18,20-21,23-24H,2-16,19,22,25H2,1H3. The highest BCUT2D eigenvalue weighted by Gasteiger charge is 2.32. The van der Waals surface area contributed by atoms with Gasteiger partial charge < -0.3 is 4.90 Å². The Kier molecular flexibility index (Phi) is 11.7. The van der Waals surface area contributed by atoms with Gasteiger partial charge in [-0.2, -0.15) is 0 Å². The summed E-state index contributed by atoms with van der Waals surface area (Å²) in [4.78, 5) is 18.3. The third kappa shape index (κ3) is 7.44. The first kappa shape index (κ1) is 31.1. The van der Waals surface area contributed by atoms with E-state index in [-0.39, 0.29) is 5.91 Å². The van der Waals surface area contributed by atoms with E-state index in [1.807, 2.05) is 0 Å². The fourth-order valence-electron chi connectivity index (χ4n) is 6.63. The van der Waals surface area contributed by atoms with E-state index in [0.29, 0.717) is 6.54 Å². The van der Waals surface area contributed by atoms with Crippen LogP contribution in [0.2, 0.25) is 0 Å². The number of benzene rings is 3. The first-order valence-electron chi connectivity index (χ1n) is 16.1. The number of amides is 1. The maximum atomic E-state index is 13.7. The van der Waals surface area contributed by atoms with E-state index in [2.05, 4.69) is 80.1 Å². The summed E-state index contributed by atoms with van der Waals surface area (Å²) in [6, 6.07) is 12.9. The Bertz CT molecular complexity index is 1350. The van der Waals surface area contributed by atoms with Crippen molar-refractivity contribution in [2.75, 3.05) is 6.54 Å². The largest absolute Gasteiger partial charge is 0.334 e. The van der Waals surface area contributed by atoms with Gasteiger partial charge in [-0.1, -0.05) is 149 Å². The Labute approximate surface area is 268 Å². The minimum atomic E-state index is 0.183. The lowest BCUT2D eigenvalue weighted by molar-refractivity contribution is 0.0734. The van der Waals surface area contributed by atoms with E-state index in [4.69, 9.17) is 0 Å². The summed E-state index contributed by atoms with van der Waals surface area (Å²) in [5.74, 6) is 0.183. The van der Waals surface area contributed by atoms with Crippen LogP contribution in [-0.2, 0) is 6.54 Å². The van der Waals surface area contributed by atoms with Gasteiger partial charge in [-0.05, 0) is 51.7 Å². The summed E-state index contributed by atoms with van der Waals surface area (Å²) in [5, 5.41) is 2.37. The van der Waals surface area contributed by atoms with Crippen LogP contribution in [0.1, 0.15) is 126 Å². The molecule has 220 valence electrons. The molecule has 0 radical (unpaired) electrons. The highest BCUT2D eigenvalue weighted by Crippen LogP contribution is 2.54. The molecule has 5 rings (SSSR count). The molecule has 2 nitrogen and oxygen atoms in total. The smallest absolute Gasteiger partial charge is 0.254 e. The molecule has 0 bridgehead atoms. The number of hydrogen-bond donors (Lipinski definition) is 0. The van der Waals surface area contributed by atoms with Gasteiger partial charge in [0.2, 0.25) is 0 Å². The molecule has 0 spiro atoms. The molecule has 0 saturated carbocycles. The summed E-state index contributed by atoms with van der Waals surface area (Å²) in [5.41, 5.74) is 4.57. The molecule has 2 heterocycles. The molecule has 3 aromatic rings. The number of halogens is 2. The molecule has 3 aromatic carbocycles. The Hall–Kier alpha value is -1.30. The van der Waals surface area contributed by atoms with Gasteiger partial charge in [-0.15, -0.1) is 0 Å². The highest BCUT2D eigenvalue weighted by atomic mass is 79.9. The number of hydrogen-bond acceptors (Lipinski definition) is 2. The van der Waals surface area contributed by atoms with Gasteiger partial charge >= 0.3 is 0 Å². The van der Waals surface area contributed by atoms with Crippen LogP contribution >= 0.6 is 43.6 Å². The molecule has 0 N–H and O–H groups in total. The second kappa shape index (κ2) is 15.4. The van der Waals surface area contributed by atoms with E-state index in [0.717, 1.165) is 32.9 Å². The van der Waals surface area contributed by atoms with Gasteiger partial charge in [0.25, 0.3) is 5.91 Å². The Morgan fingerprint density at radius 1 is 0.707 bits per heavy atom. The van der Waals surface area contributed by atoms with E-state index in [1.54, 1.807) is 11.8 Å². The van der Waals surface area contributed by atoms with Crippen LogP contribution < -0.4 is 0 Å². The van der Waals surface area contributed by atoms with Crippen LogP contribution in [0.4, 0.5) is 0 Å². The van der Waals surface area contributed by atoms with Gasteiger partial charge in [-0.25, -0.2) is 0 Å². The molecule has 0 fully saturated rings. The lowest BCUT2D eigenvalue weighted by Crippen LogP contribution is -2.35. The van der Waals surface area contributed by atoms with Crippen molar-refractivity contribution in [3.63, 3.8) is 0 Å². The molecular formula is C36H45Br2NOS. The lowest BCUT2D eigenvalue weighted by Gasteiger charge is -2.32. The van der Waals surface area contributed by atoms with Gasteiger partial charge in [0.1, 0.15) is 0 Å². The lowest BCUT2D eigenvalue weighted by atomic mass is 9.89. The van der Waals surface area contributed by atoms with Gasteiger partial charge in [0.15, 0.2) is 0 Å². The zero-order chi connectivity index (χ0) is 28.6. The third-order valence-electron chi connectivity index (χ3n) is 8.87. The SMILES string of the molecule is CCCCCCCCCCCCCCCCCCN1Cc2cc(Br)c3c4c(c(Br)cc(c24)C1=O)Sc1ccccc1-3. The minimum absolute atomic E-state index is 0.183. The molecule has 0 atom stereocenters. The van der Waals surface area contributed by atoms with Crippen molar-refractivity contribution >= 4 is 60.3 Å². The molecule has 0 aliphatic carbocycles. The predicted molar refractivity (Wildman–Crippen MR) is 183 cm³/mol. The van der Waals surface area contributed by atoms with Crippen LogP contribution in [-0.4, -0.2) is 17.4 Å². The van der Waals surface area contributed by atoms with E-state index in [1.165, 1.54) is 128 Å². The summed E-state index contributed by atoms with van der Waals surface area (Å²) in [6.07, 6.45) is 21.9. The van der Waals surface area contributed by atoms with Crippen LogP contribution in [0.5, 0.6) is 0 Å². The van der Waals surface area contributed by atoms with Crippen LogP contribution in [0.15, 0.2) is 55.1 Å². The average molecular weight is 700 g/mol. The third-order valence-corrected chi connectivity index (χ3v) is 11.6. The quantitative estimate of drug-likeness (QED) is 0.102. The molecular weight excluding hydrogens is 654 g/mol. The van der Waals surface area contributed by atoms with E-state index in [9.17, 15) is 4.79 Å². The summed E-state index contributed by atoms with van der Waals surface area (Å²) >= 11 is 9.54. The zero-order valence-corrected chi connectivity index (χ0v) is 28.7. The fourth-order valence-corrected chi connectivity index (χ4v) is 9.10. The summed E-state index contributed by atoms with van der Waals surface area (Å²) in [7, 11) is 0. The second-order valence-electron chi connectivity index (χ2n) is 12.0. The van der Waals surface area contributed by atoms with Crippen molar-refractivity contribution in [2.45, 2.75) is 126 Å². The number of fused-ring (bicyclic) bond motifs is 2. The Morgan fingerprint density at radius 3 is 1.93 bits per heavy atom. The summed E-state index contributed by atoms with van der Waals surface area (Å²) < 4.78 is 2.14. The average Bonchev–Trinajstić information content (AvgIpc) is 2.97. The van der Waals surface area contributed by atoms with Crippen LogP contribution in [0, 0.1) is 0 Å². The monoisotopic (exact) mass is 697 g/mol. The Morgan fingerprint density at radius 2 is 1.29 bits per heavy atom.